The van der Waals surface area contributed by atoms with E-state index in [0.717, 1.165) is 16.9 Å². The van der Waals surface area contributed by atoms with Gasteiger partial charge in [0, 0.05) is 13.8 Å². The van der Waals surface area contributed by atoms with Crippen LogP contribution in [0.15, 0.2) is 41.5 Å². The number of carbonyl (C=O) groups excluding carboxylic acids is 2. The highest BCUT2D eigenvalue weighted by molar-refractivity contribution is 8.14. The van der Waals surface area contributed by atoms with E-state index in [1.54, 1.807) is 12.1 Å². The van der Waals surface area contributed by atoms with Gasteiger partial charge in [0.1, 0.15) is 30.1 Å². The van der Waals surface area contributed by atoms with Crippen molar-refractivity contribution in [2.45, 2.75) is 33.1 Å². The van der Waals surface area contributed by atoms with Gasteiger partial charge in [-0.1, -0.05) is 47.1 Å². The monoisotopic (exact) mass is 461 g/mol. The van der Waals surface area contributed by atoms with E-state index in [9.17, 15) is 9.59 Å². The molecule has 0 saturated carbocycles. The van der Waals surface area contributed by atoms with Crippen LogP contribution in [0.25, 0.3) is 0 Å². The van der Waals surface area contributed by atoms with Crippen LogP contribution < -0.4 is 14.8 Å². The van der Waals surface area contributed by atoms with Gasteiger partial charge in [0.25, 0.3) is 0 Å². The number of amides is 2. The summed E-state index contributed by atoms with van der Waals surface area (Å²) in [7, 11) is 0. The summed E-state index contributed by atoms with van der Waals surface area (Å²) in [6.45, 7) is 7.57. The first-order valence-electron chi connectivity index (χ1n) is 9.69. The zero-order valence-corrected chi connectivity index (χ0v) is 19.3. The minimum Gasteiger partial charge on any atom is -0.490 e. The number of amidine groups is 1. The van der Waals surface area contributed by atoms with Crippen LogP contribution in [0.4, 0.5) is 0 Å². The molecule has 9 heteroatoms. The lowest BCUT2D eigenvalue weighted by Crippen LogP contribution is -2.25. The summed E-state index contributed by atoms with van der Waals surface area (Å²) < 4.78 is 11.5. The number of hydrogen-bond donors (Lipinski definition) is 1. The van der Waals surface area contributed by atoms with Crippen molar-refractivity contribution in [3.63, 3.8) is 0 Å². The van der Waals surface area contributed by atoms with Crippen LogP contribution in [0.2, 0.25) is 5.02 Å². The van der Waals surface area contributed by atoms with E-state index in [-0.39, 0.29) is 11.8 Å². The van der Waals surface area contributed by atoms with Gasteiger partial charge in [-0.15, -0.1) is 5.10 Å². The predicted molar refractivity (Wildman–Crippen MR) is 122 cm³/mol. The Morgan fingerprint density at radius 2 is 1.77 bits per heavy atom. The molecule has 1 N–H and O–H groups in total. The Kier molecular flexibility index (Phi) is 7.46. The Labute approximate surface area is 190 Å². The minimum atomic E-state index is -0.418. The van der Waals surface area contributed by atoms with Crippen LogP contribution in [0.3, 0.4) is 0 Å². The van der Waals surface area contributed by atoms with E-state index in [0.29, 0.717) is 29.2 Å². The summed E-state index contributed by atoms with van der Waals surface area (Å²) in [5.74, 6) is 0.862. The van der Waals surface area contributed by atoms with E-state index in [2.05, 4.69) is 16.5 Å². The molecule has 164 valence electrons. The number of rotatable bonds is 6. The van der Waals surface area contributed by atoms with E-state index < -0.39 is 5.37 Å². The fraction of sp³-hybridized carbons (Fsp3) is 0.318. The second kappa shape index (κ2) is 10.1. The molecule has 7 nitrogen and oxygen atoms in total. The van der Waals surface area contributed by atoms with Gasteiger partial charge < -0.3 is 14.8 Å². The highest BCUT2D eigenvalue weighted by Gasteiger charge is 2.32. The number of carbonyl (C=O) groups is 2. The zero-order valence-electron chi connectivity index (χ0n) is 17.8. The van der Waals surface area contributed by atoms with Crippen molar-refractivity contribution in [3.8, 4) is 11.5 Å². The normalized spacial score (nSPS) is 15.5. The molecule has 0 spiro atoms. The molecule has 1 aliphatic heterocycles. The second-order valence-corrected chi connectivity index (χ2v) is 8.55. The van der Waals surface area contributed by atoms with Gasteiger partial charge in [0.2, 0.25) is 11.8 Å². The summed E-state index contributed by atoms with van der Waals surface area (Å²) >= 11 is 7.68. The fourth-order valence-electron chi connectivity index (χ4n) is 3.03. The molecular weight excluding hydrogens is 438 g/mol. The van der Waals surface area contributed by atoms with E-state index in [1.165, 1.54) is 36.2 Å². The smallest absolute Gasteiger partial charge is 0.241 e. The van der Waals surface area contributed by atoms with Gasteiger partial charge in [-0.2, -0.15) is 0 Å². The Morgan fingerprint density at radius 1 is 1.10 bits per heavy atom. The maximum atomic E-state index is 12.0. The van der Waals surface area contributed by atoms with Gasteiger partial charge in [0.05, 0.1) is 5.02 Å². The Bertz CT molecular complexity index is 1030. The van der Waals surface area contributed by atoms with Crippen molar-refractivity contribution < 1.29 is 19.1 Å². The molecule has 1 atom stereocenters. The number of thioether (sulfide) groups is 1. The lowest BCUT2D eigenvalue weighted by Gasteiger charge is -2.20. The number of benzene rings is 2. The van der Waals surface area contributed by atoms with Gasteiger partial charge in [-0.25, -0.2) is 5.01 Å². The first-order valence-corrected chi connectivity index (χ1v) is 11.0. The molecule has 1 heterocycles. The molecule has 0 saturated heterocycles. The number of nitrogens with zero attached hydrogens (tertiary/aromatic N) is 2. The number of hydrogen-bond acceptors (Lipinski definition) is 6. The minimum absolute atomic E-state index is 0.238. The first-order chi connectivity index (χ1) is 14.7. The predicted octanol–water partition coefficient (Wildman–Crippen LogP) is 4.42. The van der Waals surface area contributed by atoms with Gasteiger partial charge >= 0.3 is 0 Å². The molecule has 2 amide bonds. The maximum absolute atomic E-state index is 12.0. The van der Waals surface area contributed by atoms with Crippen molar-refractivity contribution in [1.82, 2.24) is 10.3 Å². The number of ether oxygens (including phenoxy) is 2. The summed E-state index contributed by atoms with van der Waals surface area (Å²) in [6, 6.07) is 11.3. The molecule has 0 unspecified atom stereocenters. The third-order valence-corrected chi connectivity index (χ3v) is 5.82. The molecule has 2 aromatic rings. The third-order valence-electron chi connectivity index (χ3n) is 4.42. The molecule has 31 heavy (non-hydrogen) atoms. The van der Waals surface area contributed by atoms with Crippen molar-refractivity contribution >= 4 is 40.3 Å². The highest BCUT2D eigenvalue weighted by atomic mass is 35.5. The van der Waals surface area contributed by atoms with Gasteiger partial charge in [0.15, 0.2) is 5.17 Å². The largest absolute Gasteiger partial charge is 0.490 e. The molecule has 3 rings (SSSR count). The Balaban J connectivity index is 1.60. The van der Waals surface area contributed by atoms with E-state index in [4.69, 9.17) is 21.1 Å². The molecule has 2 aromatic carbocycles. The SMILES string of the molecule is CC(=O)NC1=NN(C(C)=O)[C@H](c2ccc(OCCOc3ccc(C)cc3C)c(Cl)c2)S1. The molecule has 0 bridgehead atoms. The van der Waals surface area contributed by atoms with Crippen LogP contribution in [-0.2, 0) is 9.59 Å². The Morgan fingerprint density at radius 3 is 2.39 bits per heavy atom. The summed E-state index contributed by atoms with van der Waals surface area (Å²) in [6.07, 6.45) is 0. The van der Waals surface area contributed by atoms with Crippen LogP contribution in [-0.4, -0.2) is 35.2 Å². The lowest BCUT2D eigenvalue weighted by atomic mass is 10.1. The van der Waals surface area contributed by atoms with Crippen molar-refractivity contribution in [1.29, 1.82) is 0 Å². The summed E-state index contributed by atoms with van der Waals surface area (Å²) in [4.78, 5) is 23.3. The van der Waals surface area contributed by atoms with Crippen LogP contribution >= 0.6 is 23.4 Å². The molecule has 0 radical (unpaired) electrons. The zero-order chi connectivity index (χ0) is 22.5. The quantitative estimate of drug-likeness (QED) is 0.644. The van der Waals surface area contributed by atoms with Gasteiger partial charge in [-0.05, 0) is 43.2 Å². The number of nitrogens with one attached hydrogen (secondary N) is 1. The van der Waals surface area contributed by atoms with Crippen LogP contribution in [0.1, 0.15) is 35.9 Å². The number of aryl methyl sites for hydroxylation is 2. The van der Waals surface area contributed by atoms with Crippen molar-refractivity contribution in [3.05, 3.63) is 58.1 Å². The Hall–Kier alpha value is -2.71. The average Bonchev–Trinajstić information content (AvgIpc) is 3.11. The van der Waals surface area contributed by atoms with Crippen LogP contribution in [0, 0.1) is 13.8 Å². The average molecular weight is 462 g/mol. The third kappa shape index (κ3) is 5.92. The molecular formula is C22H24ClN3O4S. The lowest BCUT2D eigenvalue weighted by molar-refractivity contribution is -0.129. The maximum Gasteiger partial charge on any atom is 0.241 e. The van der Waals surface area contributed by atoms with Crippen molar-refractivity contribution in [2.75, 3.05) is 13.2 Å². The summed E-state index contributed by atoms with van der Waals surface area (Å²) in [5, 5.41) is 8.48. The van der Waals surface area contributed by atoms with Gasteiger partial charge in [-0.3, -0.25) is 9.59 Å². The second-order valence-electron chi connectivity index (χ2n) is 7.08. The molecule has 1 aliphatic rings. The highest BCUT2D eigenvalue weighted by Crippen LogP contribution is 2.40. The summed E-state index contributed by atoms with van der Waals surface area (Å²) in [5.41, 5.74) is 3.03. The van der Waals surface area contributed by atoms with E-state index in [1.807, 2.05) is 32.0 Å². The number of halogens is 1. The topological polar surface area (TPSA) is 80.2 Å². The standard InChI is InChI=1S/C22H24ClN3O4S/c1-13-5-7-19(14(2)11-13)29-9-10-30-20-8-6-17(12-18(20)23)21-26(16(4)28)25-22(31-21)24-15(3)27/h5-8,11-12,21H,9-10H2,1-4H3,(H,24,25,27)/t21-/m0/s1. The first kappa shape index (κ1) is 23.0. The number of hydrazone groups is 1. The van der Waals surface area contributed by atoms with E-state index >= 15 is 0 Å². The van der Waals surface area contributed by atoms with Crippen molar-refractivity contribution in [2.24, 2.45) is 5.10 Å². The fourth-order valence-corrected chi connectivity index (χ4v) is 4.40. The molecule has 0 aliphatic carbocycles. The molecule has 0 fully saturated rings. The molecule has 0 aromatic heterocycles. The van der Waals surface area contributed by atoms with Crippen LogP contribution in [0.5, 0.6) is 11.5 Å².